The Labute approximate surface area is 188 Å². The number of aliphatic imine (C=N–C) groups is 1. The lowest BCUT2D eigenvalue weighted by Crippen LogP contribution is -2.55. The first kappa shape index (κ1) is 22.6. The van der Waals surface area contributed by atoms with Gasteiger partial charge in [-0.25, -0.2) is 13.6 Å². The van der Waals surface area contributed by atoms with Gasteiger partial charge >= 0.3 is 6.03 Å². The van der Waals surface area contributed by atoms with Gasteiger partial charge in [-0.15, -0.1) is 0 Å². The van der Waals surface area contributed by atoms with Gasteiger partial charge in [0.2, 0.25) is 5.91 Å². The zero-order valence-electron chi connectivity index (χ0n) is 19.2. The Morgan fingerprint density at radius 2 is 1.81 bits per heavy atom. The van der Waals surface area contributed by atoms with Crippen LogP contribution in [0.5, 0.6) is 0 Å². The van der Waals surface area contributed by atoms with E-state index in [2.05, 4.69) is 35.3 Å². The van der Waals surface area contributed by atoms with Crippen LogP contribution >= 0.6 is 0 Å². The second-order valence-electron chi connectivity index (χ2n) is 10.4. The van der Waals surface area contributed by atoms with E-state index in [-0.39, 0.29) is 23.2 Å². The van der Waals surface area contributed by atoms with Gasteiger partial charge in [0, 0.05) is 10.6 Å². The van der Waals surface area contributed by atoms with Crippen LogP contribution in [0.25, 0.3) is 0 Å². The van der Waals surface area contributed by atoms with Gasteiger partial charge in [-0.3, -0.25) is 9.79 Å². The minimum atomic E-state index is -1.73. The van der Waals surface area contributed by atoms with E-state index in [1.807, 2.05) is 13.8 Å². The van der Waals surface area contributed by atoms with E-state index in [9.17, 15) is 18.4 Å². The predicted octanol–water partition coefficient (Wildman–Crippen LogP) is 4.68. The van der Waals surface area contributed by atoms with Crippen molar-refractivity contribution in [2.24, 2.45) is 4.99 Å². The first-order valence-electron chi connectivity index (χ1n) is 11.0. The van der Waals surface area contributed by atoms with E-state index in [4.69, 9.17) is 0 Å². The molecular formula is C23H30F2N4O2Si. The first-order chi connectivity index (χ1) is 14.9. The number of hydrogen-bond donors (Lipinski definition) is 2. The predicted molar refractivity (Wildman–Crippen MR) is 124 cm³/mol. The molecule has 0 saturated heterocycles. The number of benzene rings is 1. The summed E-state index contributed by atoms with van der Waals surface area (Å²) in [4.78, 5) is 32.4. The number of carbonyl (C=O) groups is 2. The van der Waals surface area contributed by atoms with E-state index in [1.165, 1.54) is 12.1 Å². The number of amides is 3. The highest BCUT2D eigenvalue weighted by Gasteiger charge is 2.54. The van der Waals surface area contributed by atoms with Gasteiger partial charge in [-0.05, 0) is 44.4 Å². The molecular weight excluding hydrogens is 430 g/mol. The lowest BCUT2D eigenvalue weighted by atomic mass is 9.83. The fourth-order valence-corrected chi connectivity index (χ4v) is 7.64. The van der Waals surface area contributed by atoms with E-state index in [0.29, 0.717) is 12.4 Å². The fraction of sp³-hybridized carbons (Fsp3) is 0.522. The normalized spacial score (nSPS) is 21.1. The summed E-state index contributed by atoms with van der Waals surface area (Å²) in [7, 11) is -1.73. The van der Waals surface area contributed by atoms with Crippen molar-refractivity contribution < 1.29 is 18.4 Å². The molecule has 1 aliphatic carbocycles. The molecule has 2 aliphatic heterocycles. The van der Waals surface area contributed by atoms with Crippen LogP contribution in [0.4, 0.5) is 19.3 Å². The van der Waals surface area contributed by atoms with Gasteiger partial charge in [-0.2, -0.15) is 0 Å². The van der Waals surface area contributed by atoms with Crippen LogP contribution in [0.1, 0.15) is 33.1 Å². The lowest BCUT2D eigenvalue weighted by Gasteiger charge is -2.49. The fourth-order valence-electron chi connectivity index (χ4n) is 5.04. The summed E-state index contributed by atoms with van der Waals surface area (Å²) in [6, 6.07) is 3.14. The highest BCUT2D eigenvalue weighted by atomic mass is 28.3. The number of rotatable bonds is 3. The van der Waals surface area contributed by atoms with E-state index >= 15 is 0 Å². The largest absolute Gasteiger partial charge is 0.322 e. The van der Waals surface area contributed by atoms with Crippen LogP contribution in [0.15, 0.2) is 34.3 Å². The van der Waals surface area contributed by atoms with Crippen LogP contribution < -0.4 is 10.6 Å². The Kier molecular flexibility index (Phi) is 5.31. The monoisotopic (exact) mass is 460 g/mol. The Hall–Kier alpha value is -2.55. The first-order valence-corrected chi connectivity index (χ1v) is 14.5. The van der Waals surface area contributed by atoms with Crippen LogP contribution in [0.2, 0.25) is 24.7 Å². The van der Waals surface area contributed by atoms with Crippen LogP contribution in [-0.4, -0.2) is 49.4 Å². The number of nitrogens with one attached hydrogen (secondary N) is 2. The minimum Gasteiger partial charge on any atom is -0.311 e. The topological polar surface area (TPSA) is 73.8 Å². The second kappa shape index (κ2) is 7.50. The zero-order valence-corrected chi connectivity index (χ0v) is 20.2. The van der Waals surface area contributed by atoms with Gasteiger partial charge in [-0.1, -0.05) is 32.1 Å². The van der Waals surface area contributed by atoms with Gasteiger partial charge < -0.3 is 15.5 Å². The SMILES string of the molecule is CC1(C)C2=C(CN1C(=O)Nc1cccc(F)c1F)C(NC(=O)C1([Si](C)(C)C)CCC1)=NC2. The Morgan fingerprint density at radius 1 is 1.12 bits per heavy atom. The Bertz CT molecular complexity index is 1050. The van der Waals surface area contributed by atoms with Crippen molar-refractivity contribution >= 4 is 31.5 Å². The van der Waals surface area contributed by atoms with Crippen molar-refractivity contribution in [2.45, 2.75) is 63.3 Å². The molecule has 4 rings (SSSR count). The molecule has 6 nitrogen and oxygen atoms in total. The lowest BCUT2D eigenvalue weighted by molar-refractivity contribution is -0.125. The molecule has 0 radical (unpaired) electrons. The quantitative estimate of drug-likeness (QED) is 0.643. The average molecular weight is 461 g/mol. The Morgan fingerprint density at radius 3 is 2.41 bits per heavy atom. The maximum Gasteiger partial charge on any atom is 0.322 e. The summed E-state index contributed by atoms with van der Waals surface area (Å²) in [6.45, 7) is 11.1. The van der Waals surface area contributed by atoms with Crippen molar-refractivity contribution in [3.63, 3.8) is 0 Å². The van der Waals surface area contributed by atoms with Crippen molar-refractivity contribution in [2.75, 3.05) is 18.4 Å². The maximum absolute atomic E-state index is 14.0. The van der Waals surface area contributed by atoms with Crippen molar-refractivity contribution in [3.8, 4) is 0 Å². The third kappa shape index (κ3) is 3.37. The third-order valence-electron chi connectivity index (χ3n) is 7.52. The second-order valence-corrected chi connectivity index (χ2v) is 15.9. The summed E-state index contributed by atoms with van der Waals surface area (Å²) in [5.74, 6) is -1.54. The van der Waals surface area contributed by atoms with Gasteiger partial charge in [0.1, 0.15) is 5.84 Å². The van der Waals surface area contributed by atoms with E-state index in [1.54, 1.807) is 4.90 Å². The third-order valence-corrected chi connectivity index (χ3v) is 11.1. The Balaban J connectivity index is 1.51. The van der Waals surface area contributed by atoms with E-state index in [0.717, 1.165) is 36.5 Å². The van der Waals surface area contributed by atoms with Crippen molar-refractivity contribution in [1.29, 1.82) is 0 Å². The number of carbonyl (C=O) groups excluding carboxylic acids is 2. The standard InChI is InChI=1S/C23H30F2N4O2Si/c1-22(2)15-12-26-19(28-20(30)23(10-7-11-23)32(3,4)5)14(15)13-29(22)21(31)27-17-9-6-8-16(24)18(17)25/h6,8-9H,7,10-13H2,1-5H3,(H,27,31)(H,26,28,30). The molecule has 0 atom stereocenters. The van der Waals surface area contributed by atoms with Crippen LogP contribution in [-0.2, 0) is 4.79 Å². The van der Waals surface area contributed by atoms with Crippen LogP contribution in [0, 0.1) is 11.6 Å². The van der Waals surface area contributed by atoms with Gasteiger partial charge in [0.25, 0.3) is 0 Å². The molecule has 172 valence electrons. The summed E-state index contributed by atoms with van der Waals surface area (Å²) < 4.78 is 27.6. The summed E-state index contributed by atoms with van der Waals surface area (Å²) in [5, 5.41) is 5.28. The van der Waals surface area contributed by atoms with Gasteiger partial charge in [0.05, 0.1) is 32.4 Å². The van der Waals surface area contributed by atoms with E-state index < -0.39 is 31.3 Å². The molecule has 9 heteroatoms. The molecule has 0 aromatic heterocycles. The number of nitrogens with zero attached hydrogens (tertiary/aromatic N) is 2. The molecule has 1 aromatic rings. The number of halogens is 2. The number of hydrogen-bond acceptors (Lipinski definition) is 3. The van der Waals surface area contributed by atoms with Crippen LogP contribution in [0.3, 0.4) is 0 Å². The molecule has 3 amide bonds. The molecule has 0 unspecified atom stereocenters. The maximum atomic E-state index is 14.0. The summed E-state index contributed by atoms with van der Waals surface area (Å²) in [5.41, 5.74) is 0.912. The average Bonchev–Trinajstić information content (AvgIpc) is 3.15. The van der Waals surface area contributed by atoms with Crippen molar-refractivity contribution in [1.82, 2.24) is 10.2 Å². The van der Waals surface area contributed by atoms with Crippen molar-refractivity contribution in [3.05, 3.63) is 41.0 Å². The highest BCUT2D eigenvalue weighted by molar-refractivity contribution is 6.82. The molecule has 3 aliphatic rings. The molecule has 32 heavy (non-hydrogen) atoms. The summed E-state index contributed by atoms with van der Waals surface area (Å²) >= 11 is 0. The van der Waals surface area contributed by atoms with Gasteiger partial charge in [0.15, 0.2) is 11.6 Å². The number of amidine groups is 1. The summed E-state index contributed by atoms with van der Waals surface area (Å²) in [6.07, 6.45) is 2.88. The molecule has 0 spiro atoms. The molecule has 1 aromatic carbocycles. The smallest absolute Gasteiger partial charge is 0.311 e. The zero-order chi connectivity index (χ0) is 23.5. The highest BCUT2D eigenvalue weighted by Crippen LogP contribution is 2.55. The molecule has 0 bridgehead atoms. The molecule has 1 saturated carbocycles. The molecule has 2 N–H and O–H groups in total. The minimum absolute atomic E-state index is 0.0398. The number of urea groups is 1. The molecule has 2 heterocycles. The molecule has 1 fully saturated rings. The number of anilines is 1.